The monoisotopic (exact) mass is 341 g/mol. The number of hydrogen-bond acceptors (Lipinski definition) is 4. The molecule has 0 bridgehead atoms. The number of hydrogen-bond donors (Lipinski definition) is 0. The van der Waals surface area contributed by atoms with Crippen molar-refractivity contribution in [3.05, 3.63) is 27.5 Å². The minimum atomic E-state index is -3.15. The maximum Gasteiger partial charge on any atom is 0.335 e. The Bertz CT molecular complexity index is 400. The second kappa shape index (κ2) is 6.86. The van der Waals surface area contributed by atoms with E-state index in [4.69, 9.17) is 20.6 Å². The summed E-state index contributed by atoms with van der Waals surface area (Å²) in [7, 11) is -3.15. The third-order valence-corrected chi connectivity index (χ3v) is 5.02. The highest BCUT2D eigenvalue weighted by molar-refractivity contribution is 9.10. The molecule has 96 valence electrons. The van der Waals surface area contributed by atoms with Crippen LogP contribution in [-0.2, 0) is 19.8 Å². The van der Waals surface area contributed by atoms with Gasteiger partial charge in [0.25, 0.3) is 0 Å². The van der Waals surface area contributed by atoms with Gasteiger partial charge in [-0.3, -0.25) is 4.57 Å². The lowest BCUT2D eigenvalue weighted by atomic mass is 10.3. The Balaban J connectivity index is 2.97. The van der Waals surface area contributed by atoms with Crippen LogP contribution in [0.5, 0.6) is 0 Å². The number of pyridine rings is 1. The first-order chi connectivity index (χ1) is 8.02. The summed E-state index contributed by atoms with van der Waals surface area (Å²) in [5.41, 5.74) is 0.638. The zero-order valence-electron chi connectivity index (χ0n) is 9.65. The molecule has 7 heteroatoms. The van der Waals surface area contributed by atoms with Gasteiger partial charge in [-0.2, -0.15) is 0 Å². The summed E-state index contributed by atoms with van der Waals surface area (Å²) in [6.45, 7) is 4.19. The van der Waals surface area contributed by atoms with Gasteiger partial charge in [0.15, 0.2) is 0 Å². The molecule has 0 radical (unpaired) electrons. The standard InChI is InChI=1S/C10H14BrClNO3P/c1-3-15-17(14,16-4-2)7-8-9(11)5-6-13-10(8)12/h5-6H,3-4,7H2,1-2H3. The fourth-order valence-electron chi connectivity index (χ4n) is 1.30. The van der Waals surface area contributed by atoms with Crippen molar-refractivity contribution in [3.8, 4) is 0 Å². The van der Waals surface area contributed by atoms with Gasteiger partial charge in [-0.15, -0.1) is 0 Å². The van der Waals surface area contributed by atoms with Gasteiger partial charge in [0.05, 0.1) is 19.4 Å². The summed E-state index contributed by atoms with van der Waals surface area (Å²) < 4.78 is 23.5. The van der Waals surface area contributed by atoms with Gasteiger partial charge in [-0.1, -0.05) is 27.5 Å². The van der Waals surface area contributed by atoms with E-state index in [0.29, 0.717) is 23.9 Å². The Kier molecular flexibility index (Phi) is 6.10. The molecule has 0 saturated carbocycles. The fraction of sp³-hybridized carbons (Fsp3) is 0.500. The van der Waals surface area contributed by atoms with Crippen molar-refractivity contribution in [1.82, 2.24) is 4.98 Å². The van der Waals surface area contributed by atoms with E-state index in [-0.39, 0.29) is 6.16 Å². The lowest BCUT2D eigenvalue weighted by Gasteiger charge is -2.17. The van der Waals surface area contributed by atoms with Gasteiger partial charge in [-0.05, 0) is 19.9 Å². The van der Waals surface area contributed by atoms with E-state index < -0.39 is 7.60 Å². The van der Waals surface area contributed by atoms with Gasteiger partial charge in [0.2, 0.25) is 0 Å². The first kappa shape index (κ1) is 15.1. The summed E-state index contributed by atoms with van der Waals surface area (Å²) >= 11 is 9.31. The molecule has 0 amide bonds. The zero-order valence-corrected chi connectivity index (χ0v) is 12.9. The minimum Gasteiger partial charge on any atom is -0.309 e. The molecule has 1 aromatic heterocycles. The highest BCUT2D eigenvalue weighted by Gasteiger charge is 2.26. The van der Waals surface area contributed by atoms with Crippen LogP contribution in [0.2, 0.25) is 5.15 Å². The second-order valence-corrected chi connectivity index (χ2v) is 6.43. The predicted octanol–water partition coefficient (Wildman–Crippen LogP) is 4.26. The van der Waals surface area contributed by atoms with Gasteiger partial charge >= 0.3 is 7.60 Å². The molecule has 1 rings (SSSR count). The van der Waals surface area contributed by atoms with Crippen LogP contribution < -0.4 is 0 Å². The summed E-state index contributed by atoms with van der Waals surface area (Å²) in [6, 6.07) is 1.74. The van der Waals surface area contributed by atoms with Crippen LogP contribution in [0, 0.1) is 0 Å². The molecule has 0 atom stereocenters. The summed E-state index contributed by atoms with van der Waals surface area (Å²) in [5.74, 6) is 0. The lowest BCUT2D eigenvalue weighted by Crippen LogP contribution is -2.00. The SMILES string of the molecule is CCOP(=O)(Cc1c(Br)ccnc1Cl)OCC. The molecule has 0 spiro atoms. The molecule has 0 unspecified atom stereocenters. The Hall–Kier alpha value is 0.0700. The smallest absolute Gasteiger partial charge is 0.309 e. The number of rotatable bonds is 6. The fourth-order valence-corrected chi connectivity index (χ4v) is 4.15. The van der Waals surface area contributed by atoms with Gasteiger partial charge in [-0.25, -0.2) is 4.98 Å². The van der Waals surface area contributed by atoms with Crippen molar-refractivity contribution < 1.29 is 13.6 Å². The lowest BCUT2D eigenvalue weighted by molar-refractivity contribution is 0.219. The quantitative estimate of drug-likeness (QED) is 0.572. The Morgan fingerprint density at radius 2 is 2.00 bits per heavy atom. The van der Waals surface area contributed by atoms with Crippen molar-refractivity contribution in [3.63, 3.8) is 0 Å². The number of nitrogens with zero attached hydrogens (tertiary/aromatic N) is 1. The number of halogens is 2. The Morgan fingerprint density at radius 3 is 2.47 bits per heavy atom. The minimum absolute atomic E-state index is 0.113. The van der Waals surface area contributed by atoms with Gasteiger partial charge in [0, 0.05) is 16.2 Å². The molecule has 0 aliphatic carbocycles. The van der Waals surface area contributed by atoms with E-state index in [0.717, 1.165) is 4.47 Å². The largest absolute Gasteiger partial charge is 0.335 e. The molecule has 0 saturated heterocycles. The van der Waals surface area contributed by atoms with Crippen LogP contribution >= 0.6 is 35.1 Å². The van der Waals surface area contributed by atoms with E-state index in [1.807, 2.05) is 0 Å². The zero-order chi connectivity index (χ0) is 12.9. The molecule has 0 N–H and O–H groups in total. The molecule has 0 aliphatic heterocycles. The predicted molar refractivity (Wildman–Crippen MR) is 71.5 cm³/mol. The molecule has 0 fully saturated rings. The van der Waals surface area contributed by atoms with Crippen LogP contribution in [0.3, 0.4) is 0 Å². The average Bonchev–Trinajstić information content (AvgIpc) is 2.24. The molecule has 1 aromatic rings. The molecule has 1 heterocycles. The van der Waals surface area contributed by atoms with Crippen molar-refractivity contribution in [2.75, 3.05) is 13.2 Å². The molecular formula is C10H14BrClNO3P. The highest BCUT2D eigenvalue weighted by Crippen LogP contribution is 2.52. The first-order valence-corrected chi connectivity index (χ1v) is 8.09. The third kappa shape index (κ3) is 4.34. The Morgan fingerprint density at radius 1 is 1.41 bits per heavy atom. The van der Waals surface area contributed by atoms with Gasteiger partial charge in [0.1, 0.15) is 5.15 Å². The maximum absolute atomic E-state index is 12.3. The normalized spacial score (nSPS) is 11.8. The van der Waals surface area contributed by atoms with Crippen molar-refractivity contribution in [2.45, 2.75) is 20.0 Å². The van der Waals surface area contributed by atoms with E-state index in [1.54, 1.807) is 26.1 Å². The summed E-state index contributed by atoms with van der Waals surface area (Å²) in [4.78, 5) is 3.95. The third-order valence-electron chi connectivity index (χ3n) is 1.95. The van der Waals surface area contributed by atoms with Crippen LogP contribution in [0.4, 0.5) is 0 Å². The molecular weight excluding hydrogens is 328 g/mol. The maximum atomic E-state index is 12.3. The molecule has 0 aromatic carbocycles. The van der Waals surface area contributed by atoms with Crippen LogP contribution in [0.25, 0.3) is 0 Å². The summed E-state index contributed by atoms with van der Waals surface area (Å²) in [6.07, 6.45) is 1.68. The summed E-state index contributed by atoms with van der Waals surface area (Å²) in [5, 5.41) is 0.305. The molecule has 4 nitrogen and oxygen atoms in total. The Labute approximate surface area is 114 Å². The second-order valence-electron chi connectivity index (χ2n) is 3.17. The van der Waals surface area contributed by atoms with Crippen molar-refractivity contribution >= 4 is 35.1 Å². The molecule has 17 heavy (non-hydrogen) atoms. The van der Waals surface area contributed by atoms with E-state index in [2.05, 4.69) is 20.9 Å². The highest BCUT2D eigenvalue weighted by atomic mass is 79.9. The van der Waals surface area contributed by atoms with E-state index in [9.17, 15) is 4.57 Å². The van der Waals surface area contributed by atoms with Crippen molar-refractivity contribution in [2.24, 2.45) is 0 Å². The van der Waals surface area contributed by atoms with Gasteiger partial charge < -0.3 is 9.05 Å². The van der Waals surface area contributed by atoms with Crippen LogP contribution in [0.15, 0.2) is 16.7 Å². The van der Waals surface area contributed by atoms with Crippen LogP contribution in [-0.4, -0.2) is 18.2 Å². The molecule has 0 aliphatic rings. The average molecular weight is 343 g/mol. The topological polar surface area (TPSA) is 48.4 Å². The van der Waals surface area contributed by atoms with E-state index >= 15 is 0 Å². The van der Waals surface area contributed by atoms with Crippen molar-refractivity contribution in [1.29, 1.82) is 0 Å². The van der Waals surface area contributed by atoms with E-state index in [1.165, 1.54) is 0 Å². The number of aromatic nitrogens is 1. The first-order valence-electron chi connectivity index (χ1n) is 5.19. The van der Waals surface area contributed by atoms with Crippen LogP contribution in [0.1, 0.15) is 19.4 Å².